The van der Waals surface area contributed by atoms with Gasteiger partial charge in [-0.05, 0) is 25.2 Å². The quantitative estimate of drug-likeness (QED) is 0.830. The minimum atomic E-state index is 0.169. The monoisotopic (exact) mass is 218 g/mol. The molecule has 1 aliphatic rings. The van der Waals surface area contributed by atoms with Crippen molar-refractivity contribution in [2.45, 2.75) is 18.9 Å². The van der Waals surface area contributed by atoms with E-state index in [1.165, 1.54) is 11.1 Å². The van der Waals surface area contributed by atoms with Crippen LogP contribution >= 0.6 is 0 Å². The van der Waals surface area contributed by atoms with Gasteiger partial charge in [0.25, 0.3) is 0 Å². The second-order valence-corrected chi connectivity index (χ2v) is 4.69. The van der Waals surface area contributed by atoms with Crippen LogP contribution in [0.15, 0.2) is 24.3 Å². The maximum absolute atomic E-state index is 11.2. The van der Waals surface area contributed by atoms with Crippen LogP contribution in [0.2, 0.25) is 0 Å². The lowest BCUT2D eigenvalue weighted by molar-refractivity contribution is -0.119. The maximum atomic E-state index is 11.2. The van der Waals surface area contributed by atoms with Crippen LogP contribution in [0.25, 0.3) is 0 Å². The zero-order chi connectivity index (χ0) is 11.5. The Kier molecular flexibility index (Phi) is 3.25. The van der Waals surface area contributed by atoms with Crippen molar-refractivity contribution in [3.63, 3.8) is 0 Å². The maximum Gasteiger partial charge on any atom is 0.220 e. The molecule has 0 saturated carbocycles. The van der Waals surface area contributed by atoms with Crippen LogP contribution in [0.3, 0.4) is 0 Å². The van der Waals surface area contributed by atoms with Crippen molar-refractivity contribution < 1.29 is 4.79 Å². The first-order valence-corrected chi connectivity index (χ1v) is 5.65. The predicted molar refractivity (Wildman–Crippen MR) is 64.2 cm³/mol. The lowest BCUT2D eigenvalue weighted by atomic mass is 9.96. The van der Waals surface area contributed by atoms with E-state index in [1.54, 1.807) is 0 Å². The molecule has 3 nitrogen and oxygen atoms in total. The SMILES string of the molecule is CN(C)Cc1cccc(C2CNC(=O)C2)c1. The summed E-state index contributed by atoms with van der Waals surface area (Å²) in [6.07, 6.45) is 0.630. The van der Waals surface area contributed by atoms with Crippen molar-refractivity contribution in [3.8, 4) is 0 Å². The summed E-state index contributed by atoms with van der Waals surface area (Å²) in [4.78, 5) is 13.3. The zero-order valence-corrected chi connectivity index (χ0v) is 9.86. The van der Waals surface area contributed by atoms with E-state index in [0.717, 1.165) is 13.1 Å². The van der Waals surface area contributed by atoms with Crippen LogP contribution in [-0.2, 0) is 11.3 Å². The van der Waals surface area contributed by atoms with Gasteiger partial charge in [-0.15, -0.1) is 0 Å². The minimum Gasteiger partial charge on any atom is -0.355 e. The van der Waals surface area contributed by atoms with Crippen LogP contribution in [0, 0.1) is 0 Å². The number of nitrogens with one attached hydrogen (secondary N) is 1. The Morgan fingerprint density at radius 1 is 1.44 bits per heavy atom. The van der Waals surface area contributed by atoms with Crippen LogP contribution < -0.4 is 5.32 Å². The highest BCUT2D eigenvalue weighted by Gasteiger charge is 2.22. The molecule has 1 saturated heterocycles. The smallest absolute Gasteiger partial charge is 0.220 e. The molecule has 0 aliphatic carbocycles. The zero-order valence-electron chi connectivity index (χ0n) is 9.86. The summed E-state index contributed by atoms with van der Waals surface area (Å²) >= 11 is 0. The van der Waals surface area contributed by atoms with Gasteiger partial charge in [-0.25, -0.2) is 0 Å². The Hall–Kier alpha value is -1.35. The largest absolute Gasteiger partial charge is 0.355 e. The van der Waals surface area contributed by atoms with Crippen LogP contribution in [0.1, 0.15) is 23.5 Å². The number of hydrogen-bond acceptors (Lipinski definition) is 2. The second kappa shape index (κ2) is 4.66. The first-order valence-electron chi connectivity index (χ1n) is 5.65. The van der Waals surface area contributed by atoms with Gasteiger partial charge in [0.1, 0.15) is 0 Å². The molecule has 1 atom stereocenters. The van der Waals surface area contributed by atoms with Gasteiger partial charge in [0.05, 0.1) is 0 Å². The first-order chi connectivity index (χ1) is 7.65. The van der Waals surface area contributed by atoms with Gasteiger partial charge in [0.15, 0.2) is 0 Å². The lowest BCUT2D eigenvalue weighted by Crippen LogP contribution is -2.13. The molecular weight excluding hydrogens is 200 g/mol. The van der Waals surface area contributed by atoms with E-state index in [4.69, 9.17) is 0 Å². The molecule has 16 heavy (non-hydrogen) atoms. The normalized spacial score (nSPS) is 20.2. The number of rotatable bonds is 3. The van der Waals surface area contributed by atoms with Crippen molar-refractivity contribution in [1.29, 1.82) is 0 Å². The summed E-state index contributed by atoms with van der Waals surface area (Å²) in [5.74, 6) is 0.526. The fourth-order valence-electron chi connectivity index (χ4n) is 2.15. The summed E-state index contributed by atoms with van der Waals surface area (Å²) in [7, 11) is 4.13. The van der Waals surface area contributed by atoms with E-state index in [0.29, 0.717) is 12.3 Å². The molecule has 1 aromatic carbocycles. The molecule has 1 heterocycles. The number of amides is 1. The summed E-state index contributed by atoms with van der Waals surface area (Å²) in [5.41, 5.74) is 2.58. The van der Waals surface area contributed by atoms with Gasteiger partial charge in [0, 0.05) is 25.4 Å². The van der Waals surface area contributed by atoms with E-state index in [2.05, 4.69) is 48.6 Å². The van der Waals surface area contributed by atoms with E-state index in [9.17, 15) is 4.79 Å². The summed E-state index contributed by atoms with van der Waals surface area (Å²) in [6.45, 7) is 1.73. The van der Waals surface area contributed by atoms with Gasteiger partial charge >= 0.3 is 0 Å². The molecule has 0 spiro atoms. The van der Waals surface area contributed by atoms with Crippen molar-refractivity contribution in [2.75, 3.05) is 20.6 Å². The third-order valence-corrected chi connectivity index (χ3v) is 2.90. The fraction of sp³-hybridized carbons (Fsp3) is 0.462. The Labute approximate surface area is 96.5 Å². The van der Waals surface area contributed by atoms with E-state index < -0.39 is 0 Å². The average Bonchev–Trinajstić information content (AvgIpc) is 2.64. The Bertz CT molecular complexity index is 387. The summed E-state index contributed by atoms with van der Waals surface area (Å²) in [6, 6.07) is 8.54. The molecule has 1 N–H and O–H groups in total. The summed E-state index contributed by atoms with van der Waals surface area (Å²) in [5, 5.41) is 2.88. The highest BCUT2D eigenvalue weighted by molar-refractivity contribution is 5.79. The molecule has 1 amide bonds. The van der Waals surface area contributed by atoms with Crippen molar-refractivity contribution in [1.82, 2.24) is 10.2 Å². The molecule has 2 rings (SSSR count). The lowest BCUT2D eigenvalue weighted by Gasteiger charge is -2.13. The molecule has 0 bridgehead atoms. The van der Waals surface area contributed by atoms with Gasteiger partial charge in [-0.1, -0.05) is 24.3 Å². The van der Waals surface area contributed by atoms with Gasteiger partial charge in [-0.2, -0.15) is 0 Å². The molecular formula is C13H18N2O. The Morgan fingerprint density at radius 3 is 2.88 bits per heavy atom. The standard InChI is InChI=1S/C13H18N2O/c1-15(2)9-10-4-3-5-11(6-10)12-7-13(16)14-8-12/h3-6,12H,7-9H2,1-2H3,(H,14,16). The van der Waals surface area contributed by atoms with Crippen molar-refractivity contribution >= 4 is 5.91 Å². The van der Waals surface area contributed by atoms with E-state index >= 15 is 0 Å². The van der Waals surface area contributed by atoms with Crippen LogP contribution in [-0.4, -0.2) is 31.4 Å². The molecule has 3 heteroatoms. The number of carbonyl (C=O) groups is 1. The number of nitrogens with zero attached hydrogens (tertiary/aromatic N) is 1. The van der Waals surface area contributed by atoms with Gasteiger partial charge in [-0.3, -0.25) is 4.79 Å². The molecule has 0 aromatic heterocycles. The predicted octanol–water partition coefficient (Wildman–Crippen LogP) is 1.35. The number of benzene rings is 1. The molecule has 1 unspecified atom stereocenters. The summed E-state index contributed by atoms with van der Waals surface area (Å²) < 4.78 is 0. The molecule has 1 aromatic rings. The Morgan fingerprint density at radius 2 is 2.25 bits per heavy atom. The fourth-order valence-corrected chi connectivity index (χ4v) is 2.15. The van der Waals surface area contributed by atoms with E-state index in [-0.39, 0.29) is 5.91 Å². The number of carbonyl (C=O) groups excluding carboxylic acids is 1. The third kappa shape index (κ3) is 2.61. The molecule has 0 radical (unpaired) electrons. The Balaban J connectivity index is 2.12. The van der Waals surface area contributed by atoms with Crippen molar-refractivity contribution in [3.05, 3.63) is 35.4 Å². The molecule has 86 valence electrons. The highest BCUT2D eigenvalue weighted by atomic mass is 16.1. The minimum absolute atomic E-state index is 0.169. The highest BCUT2D eigenvalue weighted by Crippen LogP contribution is 2.23. The van der Waals surface area contributed by atoms with Crippen molar-refractivity contribution in [2.24, 2.45) is 0 Å². The first kappa shape index (κ1) is 11.1. The molecule has 1 aliphatic heterocycles. The second-order valence-electron chi connectivity index (χ2n) is 4.69. The average molecular weight is 218 g/mol. The topological polar surface area (TPSA) is 32.3 Å². The van der Waals surface area contributed by atoms with Crippen LogP contribution in [0.5, 0.6) is 0 Å². The molecule has 1 fully saturated rings. The van der Waals surface area contributed by atoms with E-state index in [1.807, 2.05) is 0 Å². The van der Waals surface area contributed by atoms with Gasteiger partial charge in [0.2, 0.25) is 5.91 Å². The number of hydrogen-bond donors (Lipinski definition) is 1. The third-order valence-electron chi connectivity index (χ3n) is 2.90. The van der Waals surface area contributed by atoms with Crippen LogP contribution in [0.4, 0.5) is 0 Å². The van der Waals surface area contributed by atoms with Gasteiger partial charge < -0.3 is 10.2 Å².